The van der Waals surface area contributed by atoms with Crippen molar-refractivity contribution >= 4 is 17.1 Å². The first-order valence-electron chi connectivity index (χ1n) is 9.89. The van der Waals surface area contributed by atoms with Crippen LogP contribution in [0.1, 0.15) is 5.56 Å². The van der Waals surface area contributed by atoms with E-state index in [4.69, 9.17) is 4.74 Å². The SMILES string of the molecule is Cc1ccc(OC[C@H](O)Cn2c(N(CCO)CCO)nc3c2c(=O)[nH]c(=O)n3C)cc1. The van der Waals surface area contributed by atoms with Crippen molar-refractivity contribution in [1.29, 1.82) is 0 Å². The molecular formula is C20H27N5O6. The summed E-state index contributed by atoms with van der Waals surface area (Å²) >= 11 is 0. The lowest BCUT2D eigenvalue weighted by Gasteiger charge is -2.24. The number of nitrogens with zero attached hydrogens (tertiary/aromatic N) is 4. The minimum atomic E-state index is -1.00. The van der Waals surface area contributed by atoms with Gasteiger partial charge in [-0.15, -0.1) is 0 Å². The van der Waals surface area contributed by atoms with E-state index in [-0.39, 0.29) is 56.6 Å². The maximum absolute atomic E-state index is 12.6. The first kappa shape index (κ1) is 22.5. The molecule has 0 bridgehead atoms. The zero-order chi connectivity index (χ0) is 22.5. The number of aromatic amines is 1. The van der Waals surface area contributed by atoms with Crippen molar-refractivity contribution in [1.82, 2.24) is 19.1 Å². The Kier molecular flexibility index (Phi) is 7.10. The molecule has 1 aromatic carbocycles. The van der Waals surface area contributed by atoms with Gasteiger partial charge in [-0.1, -0.05) is 17.7 Å². The Balaban J connectivity index is 1.96. The zero-order valence-corrected chi connectivity index (χ0v) is 17.5. The molecule has 3 rings (SSSR count). The van der Waals surface area contributed by atoms with Crippen LogP contribution in [-0.4, -0.2) is 73.4 Å². The van der Waals surface area contributed by atoms with Gasteiger partial charge < -0.3 is 29.5 Å². The molecule has 3 aromatic rings. The number of fused-ring (bicyclic) bond motifs is 1. The summed E-state index contributed by atoms with van der Waals surface area (Å²) in [5.74, 6) is 0.849. The molecule has 0 aliphatic carbocycles. The van der Waals surface area contributed by atoms with Crippen LogP contribution in [0.15, 0.2) is 33.9 Å². The number of nitrogens with one attached hydrogen (secondary N) is 1. The molecule has 11 heteroatoms. The average molecular weight is 433 g/mol. The summed E-state index contributed by atoms with van der Waals surface area (Å²) in [6.07, 6.45) is -1.00. The molecule has 0 aliphatic heterocycles. The lowest BCUT2D eigenvalue weighted by atomic mass is 10.2. The van der Waals surface area contributed by atoms with Crippen LogP contribution in [0.25, 0.3) is 11.2 Å². The summed E-state index contributed by atoms with van der Waals surface area (Å²) in [4.78, 5) is 32.8. The van der Waals surface area contributed by atoms with Crippen molar-refractivity contribution in [2.75, 3.05) is 37.8 Å². The predicted octanol–water partition coefficient (Wildman–Crippen LogP) is -1.04. The third-order valence-corrected chi connectivity index (χ3v) is 4.87. The number of aliphatic hydroxyl groups excluding tert-OH is 3. The Morgan fingerprint density at radius 3 is 2.42 bits per heavy atom. The lowest BCUT2D eigenvalue weighted by molar-refractivity contribution is 0.0935. The molecule has 4 N–H and O–H groups in total. The number of H-pyrrole nitrogens is 1. The van der Waals surface area contributed by atoms with Crippen molar-refractivity contribution in [3.05, 3.63) is 50.7 Å². The largest absolute Gasteiger partial charge is 0.491 e. The molecule has 11 nitrogen and oxygen atoms in total. The normalized spacial score (nSPS) is 12.3. The fraction of sp³-hybridized carbons (Fsp3) is 0.450. The lowest BCUT2D eigenvalue weighted by Crippen LogP contribution is -2.34. The number of aromatic nitrogens is 4. The van der Waals surface area contributed by atoms with E-state index in [1.54, 1.807) is 17.0 Å². The number of benzene rings is 1. The number of hydrogen-bond acceptors (Lipinski definition) is 8. The van der Waals surface area contributed by atoms with Crippen molar-refractivity contribution in [2.45, 2.75) is 19.6 Å². The van der Waals surface area contributed by atoms with Gasteiger partial charge in [0, 0.05) is 20.1 Å². The molecule has 0 aliphatic rings. The average Bonchev–Trinajstić information content (AvgIpc) is 3.11. The zero-order valence-electron chi connectivity index (χ0n) is 17.5. The smallest absolute Gasteiger partial charge is 0.329 e. The van der Waals surface area contributed by atoms with Gasteiger partial charge in [-0.2, -0.15) is 4.98 Å². The van der Waals surface area contributed by atoms with Crippen LogP contribution in [0, 0.1) is 6.92 Å². The molecule has 0 saturated heterocycles. The molecular weight excluding hydrogens is 406 g/mol. The van der Waals surface area contributed by atoms with Crippen LogP contribution in [0.2, 0.25) is 0 Å². The van der Waals surface area contributed by atoms with E-state index >= 15 is 0 Å². The highest BCUT2D eigenvalue weighted by Crippen LogP contribution is 2.20. The van der Waals surface area contributed by atoms with Crippen LogP contribution >= 0.6 is 0 Å². The Bertz CT molecular complexity index is 1130. The number of imidazole rings is 1. The van der Waals surface area contributed by atoms with E-state index in [9.17, 15) is 24.9 Å². The van der Waals surface area contributed by atoms with E-state index < -0.39 is 17.4 Å². The van der Waals surface area contributed by atoms with Crippen LogP contribution in [0.3, 0.4) is 0 Å². The van der Waals surface area contributed by atoms with Gasteiger partial charge in [-0.05, 0) is 19.1 Å². The topological polar surface area (TPSA) is 146 Å². The maximum atomic E-state index is 12.6. The van der Waals surface area contributed by atoms with Gasteiger partial charge in [0.2, 0.25) is 5.95 Å². The van der Waals surface area contributed by atoms with Crippen LogP contribution in [0.4, 0.5) is 5.95 Å². The predicted molar refractivity (Wildman–Crippen MR) is 115 cm³/mol. The summed E-state index contributed by atoms with van der Waals surface area (Å²) in [5, 5.41) is 29.4. The second-order valence-electron chi connectivity index (χ2n) is 7.23. The fourth-order valence-electron chi connectivity index (χ4n) is 3.28. The number of rotatable bonds is 10. The quantitative estimate of drug-likeness (QED) is 0.317. The van der Waals surface area contributed by atoms with E-state index in [0.717, 1.165) is 5.56 Å². The summed E-state index contributed by atoms with van der Waals surface area (Å²) in [5.41, 5.74) is 0.0630. The van der Waals surface area contributed by atoms with Crippen molar-refractivity contribution < 1.29 is 20.1 Å². The minimum absolute atomic E-state index is 0.0359. The summed E-state index contributed by atoms with van der Waals surface area (Å²) < 4.78 is 8.30. The van der Waals surface area contributed by atoms with Gasteiger partial charge >= 0.3 is 5.69 Å². The number of aryl methyl sites for hydroxylation is 2. The fourth-order valence-corrected chi connectivity index (χ4v) is 3.28. The molecule has 2 heterocycles. The monoisotopic (exact) mass is 433 g/mol. The number of aliphatic hydroxyl groups is 3. The van der Waals surface area contributed by atoms with E-state index in [0.29, 0.717) is 5.75 Å². The Morgan fingerprint density at radius 1 is 1.16 bits per heavy atom. The number of hydrogen-bond donors (Lipinski definition) is 4. The summed E-state index contributed by atoms with van der Waals surface area (Å²) in [7, 11) is 1.47. The highest BCUT2D eigenvalue weighted by molar-refractivity contribution is 5.74. The van der Waals surface area contributed by atoms with Gasteiger partial charge in [0.15, 0.2) is 11.2 Å². The Hall–Kier alpha value is -3.15. The molecule has 31 heavy (non-hydrogen) atoms. The number of anilines is 1. The first-order chi connectivity index (χ1) is 14.8. The molecule has 168 valence electrons. The molecule has 0 amide bonds. The van der Waals surface area contributed by atoms with Gasteiger partial charge in [0.05, 0.1) is 19.8 Å². The third kappa shape index (κ3) is 4.95. The van der Waals surface area contributed by atoms with Crippen molar-refractivity contribution in [3.8, 4) is 5.75 Å². The van der Waals surface area contributed by atoms with Gasteiger partial charge in [-0.25, -0.2) is 4.79 Å². The summed E-state index contributed by atoms with van der Waals surface area (Å²) in [6, 6.07) is 7.38. The second-order valence-corrected chi connectivity index (χ2v) is 7.23. The van der Waals surface area contributed by atoms with Crippen LogP contribution in [0.5, 0.6) is 5.75 Å². The standard InChI is InChI=1S/C20H27N5O6/c1-13-3-5-15(6-4-13)31-12-14(28)11-25-16-17(23(2)20(30)22-18(16)29)21-19(25)24(7-9-26)8-10-27/h3-6,14,26-28H,7-12H2,1-2H3,(H,22,29,30)/t14-/m1/s1. The molecule has 0 fully saturated rings. The van der Waals surface area contributed by atoms with Crippen LogP contribution in [-0.2, 0) is 13.6 Å². The molecule has 0 unspecified atom stereocenters. The molecule has 0 saturated carbocycles. The van der Waals surface area contributed by atoms with E-state index in [1.807, 2.05) is 19.1 Å². The van der Waals surface area contributed by atoms with Crippen molar-refractivity contribution in [2.24, 2.45) is 7.05 Å². The Labute approximate surface area is 177 Å². The van der Waals surface area contributed by atoms with E-state index in [2.05, 4.69) is 9.97 Å². The van der Waals surface area contributed by atoms with Gasteiger partial charge in [-0.3, -0.25) is 14.3 Å². The molecule has 1 atom stereocenters. The van der Waals surface area contributed by atoms with Crippen molar-refractivity contribution in [3.63, 3.8) is 0 Å². The molecule has 0 radical (unpaired) electrons. The number of ether oxygens (including phenoxy) is 1. The van der Waals surface area contributed by atoms with Gasteiger partial charge in [0.25, 0.3) is 5.56 Å². The van der Waals surface area contributed by atoms with Gasteiger partial charge in [0.1, 0.15) is 18.5 Å². The van der Waals surface area contributed by atoms with Crippen LogP contribution < -0.4 is 20.9 Å². The Morgan fingerprint density at radius 2 is 1.81 bits per heavy atom. The molecule has 2 aromatic heterocycles. The highest BCUT2D eigenvalue weighted by atomic mass is 16.5. The van der Waals surface area contributed by atoms with E-state index in [1.165, 1.54) is 16.2 Å². The highest BCUT2D eigenvalue weighted by Gasteiger charge is 2.23. The summed E-state index contributed by atoms with van der Waals surface area (Å²) in [6.45, 7) is 1.74. The minimum Gasteiger partial charge on any atom is -0.491 e. The third-order valence-electron chi connectivity index (χ3n) is 4.87. The first-order valence-corrected chi connectivity index (χ1v) is 9.89. The molecule has 0 spiro atoms. The maximum Gasteiger partial charge on any atom is 0.329 e. The second kappa shape index (κ2) is 9.77.